The maximum Gasteiger partial charge on any atom is 0.355 e. The standard InChI is InChI=1S/C20H16N6O6/c1-31-14-8-6-11(7-9-14)18(27)15-16(19(28)32-2)21-20-22-23-24-25(20)17(15)12-4-3-5-13(10-12)26(29)30/h3-10,17H,1-2H3,(H,21,22,24)/t17-/m1/s1. The van der Waals surface area contributed by atoms with Crippen molar-refractivity contribution in [1.29, 1.82) is 0 Å². The Morgan fingerprint density at radius 2 is 1.91 bits per heavy atom. The number of carbonyl (C=O) groups is 2. The predicted octanol–water partition coefficient (Wildman–Crippen LogP) is 1.91. The van der Waals surface area contributed by atoms with Crippen molar-refractivity contribution in [2.75, 3.05) is 19.5 Å². The van der Waals surface area contributed by atoms with Crippen molar-refractivity contribution in [2.24, 2.45) is 0 Å². The number of nitrogens with one attached hydrogen (secondary N) is 1. The molecule has 0 unspecified atom stereocenters. The molecule has 12 nitrogen and oxygen atoms in total. The average Bonchev–Trinajstić information content (AvgIpc) is 3.30. The number of nitrogens with zero attached hydrogens (tertiary/aromatic N) is 5. The Balaban J connectivity index is 1.94. The van der Waals surface area contributed by atoms with Gasteiger partial charge in [0, 0.05) is 17.7 Å². The van der Waals surface area contributed by atoms with E-state index in [1.165, 1.54) is 37.1 Å². The highest BCUT2D eigenvalue weighted by Gasteiger charge is 2.39. The Morgan fingerprint density at radius 3 is 2.56 bits per heavy atom. The first-order valence-corrected chi connectivity index (χ1v) is 9.25. The lowest BCUT2D eigenvalue weighted by Crippen LogP contribution is -2.33. The van der Waals surface area contributed by atoms with Gasteiger partial charge in [-0.25, -0.2) is 4.79 Å². The van der Waals surface area contributed by atoms with E-state index >= 15 is 0 Å². The van der Waals surface area contributed by atoms with Crippen LogP contribution in [0.15, 0.2) is 59.8 Å². The summed E-state index contributed by atoms with van der Waals surface area (Å²) in [6, 6.07) is 11.0. The number of non-ortho nitro benzene ring substituents is 1. The van der Waals surface area contributed by atoms with Crippen LogP contribution in [0.5, 0.6) is 5.75 Å². The lowest BCUT2D eigenvalue weighted by Gasteiger charge is -2.28. The highest BCUT2D eigenvalue weighted by Crippen LogP contribution is 2.37. The van der Waals surface area contributed by atoms with Crippen LogP contribution in [0.4, 0.5) is 11.6 Å². The number of tetrazole rings is 1. The first-order chi connectivity index (χ1) is 15.4. The van der Waals surface area contributed by atoms with Crippen LogP contribution in [-0.4, -0.2) is 51.1 Å². The second kappa shape index (κ2) is 8.26. The summed E-state index contributed by atoms with van der Waals surface area (Å²) in [4.78, 5) is 37.0. The number of methoxy groups -OCH3 is 2. The Labute approximate surface area is 180 Å². The second-order valence-electron chi connectivity index (χ2n) is 6.66. The lowest BCUT2D eigenvalue weighted by molar-refractivity contribution is -0.384. The Hall–Kier alpha value is -4.61. The van der Waals surface area contributed by atoms with E-state index in [1.807, 2.05) is 0 Å². The number of Topliss-reactive ketones (excluding diaryl/α,β-unsaturated/α-hetero) is 1. The summed E-state index contributed by atoms with van der Waals surface area (Å²) in [5.41, 5.74) is 0.226. The number of hydrogen-bond donors (Lipinski definition) is 1. The third-order valence-corrected chi connectivity index (χ3v) is 4.90. The van der Waals surface area contributed by atoms with Crippen LogP contribution in [0.2, 0.25) is 0 Å². The number of nitro benzene ring substituents is 1. The monoisotopic (exact) mass is 436 g/mol. The molecule has 3 aromatic rings. The third kappa shape index (κ3) is 3.53. The molecule has 12 heteroatoms. The molecular weight excluding hydrogens is 420 g/mol. The summed E-state index contributed by atoms with van der Waals surface area (Å²) in [5, 5.41) is 25.4. The molecule has 1 atom stereocenters. The Morgan fingerprint density at radius 1 is 1.16 bits per heavy atom. The van der Waals surface area contributed by atoms with Crippen molar-refractivity contribution < 1.29 is 24.0 Å². The molecule has 32 heavy (non-hydrogen) atoms. The van der Waals surface area contributed by atoms with E-state index in [4.69, 9.17) is 9.47 Å². The molecule has 162 valence electrons. The van der Waals surface area contributed by atoms with Gasteiger partial charge in [-0.05, 0) is 40.3 Å². The van der Waals surface area contributed by atoms with Gasteiger partial charge in [-0.2, -0.15) is 4.68 Å². The number of carbonyl (C=O) groups excluding carboxylic acids is 2. The number of nitro groups is 1. The van der Waals surface area contributed by atoms with Gasteiger partial charge in [-0.3, -0.25) is 14.9 Å². The van der Waals surface area contributed by atoms with E-state index in [1.54, 1.807) is 30.3 Å². The minimum absolute atomic E-state index is 0.0256. The van der Waals surface area contributed by atoms with Gasteiger partial charge >= 0.3 is 5.97 Å². The topological polar surface area (TPSA) is 151 Å². The van der Waals surface area contributed by atoms with Crippen LogP contribution < -0.4 is 10.1 Å². The van der Waals surface area contributed by atoms with Crippen LogP contribution >= 0.6 is 0 Å². The first-order valence-electron chi connectivity index (χ1n) is 9.25. The SMILES string of the molecule is COC(=O)C1=C(C(=O)c2ccc(OC)cc2)[C@@H](c2cccc([N+](=O)[O-])c2)n2nnnc2N1. The zero-order valence-corrected chi connectivity index (χ0v) is 16.9. The van der Waals surface area contributed by atoms with Crippen LogP contribution in [0, 0.1) is 10.1 Å². The maximum atomic E-state index is 13.6. The average molecular weight is 436 g/mol. The molecular formula is C20H16N6O6. The number of anilines is 1. The number of ketones is 1. The molecule has 0 amide bonds. The van der Waals surface area contributed by atoms with Gasteiger partial charge < -0.3 is 14.8 Å². The summed E-state index contributed by atoms with van der Waals surface area (Å²) in [6.45, 7) is 0. The molecule has 0 bridgehead atoms. The van der Waals surface area contributed by atoms with Crippen molar-refractivity contribution in [3.8, 4) is 5.75 Å². The molecule has 0 radical (unpaired) electrons. The normalized spacial score (nSPS) is 14.9. The van der Waals surface area contributed by atoms with E-state index in [2.05, 4.69) is 20.8 Å². The number of aromatic nitrogens is 4. The van der Waals surface area contributed by atoms with E-state index in [-0.39, 0.29) is 28.5 Å². The molecule has 4 rings (SSSR count). The van der Waals surface area contributed by atoms with Gasteiger partial charge in [0.25, 0.3) is 5.69 Å². The molecule has 0 saturated heterocycles. The number of benzene rings is 2. The third-order valence-electron chi connectivity index (χ3n) is 4.90. The van der Waals surface area contributed by atoms with Crippen LogP contribution in [0.1, 0.15) is 22.0 Å². The molecule has 2 aromatic carbocycles. The van der Waals surface area contributed by atoms with Crippen LogP contribution in [-0.2, 0) is 9.53 Å². The number of ether oxygens (including phenoxy) is 2. The zero-order chi connectivity index (χ0) is 22.8. The van der Waals surface area contributed by atoms with E-state index < -0.39 is 22.7 Å². The molecule has 0 spiro atoms. The summed E-state index contributed by atoms with van der Waals surface area (Å²) in [7, 11) is 2.67. The minimum atomic E-state index is -1.02. The van der Waals surface area contributed by atoms with Gasteiger partial charge in [-0.1, -0.05) is 17.2 Å². The van der Waals surface area contributed by atoms with Crippen molar-refractivity contribution in [1.82, 2.24) is 20.2 Å². The predicted molar refractivity (Wildman–Crippen MR) is 109 cm³/mol. The molecule has 0 fully saturated rings. The number of fused-ring (bicyclic) bond motifs is 1. The summed E-state index contributed by atoms with van der Waals surface area (Å²) >= 11 is 0. The molecule has 1 aromatic heterocycles. The highest BCUT2D eigenvalue weighted by molar-refractivity contribution is 6.15. The minimum Gasteiger partial charge on any atom is -0.497 e. The Kier molecular flexibility index (Phi) is 5.33. The molecule has 1 aliphatic heterocycles. The van der Waals surface area contributed by atoms with Crippen molar-refractivity contribution >= 4 is 23.4 Å². The number of rotatable bonds is 6. The first kappa shape index (κ1) is 20.7. The zero-order valence-electron chi connectivity index (χ0n) is 16.9. The quantitative estimate of drug-likeness (QED) is 0.262. The van der Waals surface area contributed by atoms with Crippen LogP contribution in [0.25, 0.3) is 0 Å². The van der Waals surface area contributed by atoms with Gasteiger partial charge in [0.2, 0.25) is 5.95 Å². The maximum absolute atomic E-state index is 13.6. The van der Waals surface area contributed by atoms with E-state index in [9.17, 15) is 19.7 Å². The molecule has 0 saturated carbocycles. The van der Waals surface area contributed by atoms with Gasteiger partial charge in [-0.15, -0.1) is 0 Å². The van der Waals surface area contributed by atoms with Crippen molar-refractivity contribution in [3.63, 3.8) is 0 Å². The molecule has 0 aliphatic carbocycles. The summed E-state index contributed by atoms with van der Waals surface area (Å²) in [6.07, 6.45) is 0. The van der Waals surface area contributed by atoms with Crippen molar-refractivity contribution in [2.45, 2.75) is 6.04 Å². The fraction of sp³-hybridized carbons (Fsp3) is 0.150. The molecule has 2 heterocycles. The van der Waals surface area contributed by atoms with Gasteiger partial charge in [0.05, 0.1) is 24.7 Å². The highest BCUT2D eigenvalue weighted by atomic mass is 16.6. The largest absolute Gasteiger partial charge is 0.497 e. The van der Waals surface area contributed by atoms with E-state index in [0.29, 0.717) is 11.3 Å². The smallest absolute Gasteiger partial charge is 0.355 e. The van der Waals surface area contributed by atoms with Gasteiger partial charge in [0.15, 0.2) is 5.78 Å². The second-order valence-corrected chi connectivity index (χ2v) is 6.66. The number of hydrogen-bond acceptors (Lipinski definition) is 10. The van der Waals surface area contributed by atoms with E-state index in [0.717, 1.165) is 0 Å². The molecule has 1 N–H and O–H groups in total. The molecule has 1 aliphatic rings. The number of esters is 1. The lowest BCUT2D eigenvalue weighted by atomic mass is 9.89. The van der Waals surface area contributed by atoms with Crippen LogP contribution in [0.3, 0.4) is 0 Å². The Bertz CT molecular complexity index is 1250. The number of allylic oxidation sites excluding steroid dienone is 1. The summed E-state index contributed by atoms with van der Waals surface area (Å²) < 4.78 is 11.3. The summed E-state index contributed by atoms with van der Waals surface area (Å²) in [5.74, 6) is -0.707. The van der Waals surface area contributed by atoms with Gasteiger partial charge in [0.1, 0.15) is 17.5 Å². The van der Waals surface area contributed by atoms with Crippen molar-refractivity contribution in [3.05, 3.63) is 81.0 Å². The fourth-order valence-electron chi connectivity index (χ4n) is 3.40. The fourth-order valence-corrected chi connectivity index (χ4v) is 3.40.